The van der Waals surface area contributed by atoms with Crippen molar-refractivity contribution in [3.8, 4) is 11.9 Å². The highest BCUT2D eigenvalue weighted by atomic mass is 16.6. The number of nitrogens with zero attached hydrogens (tertiary/aromatic N) is 4. The summed E-state index contributed by atoms with van der Waals surface area (Å²) in [5.41, 5.74) is 9.72. The Balaban J connectivity index is 1.89. The number of rotatable bonds is 6. The molecule has 2 aromatic rings. The number of nitriles is 1. The third-order valence-corrected chi connectivity index (χ3v) is 5.80. The van der Waals surface area contributed by atoms with E-state index in [9.17, 15) is 15.2 Å². The fourth-order valence-corrected chi connectivity index (χ4v) is 4.22. The summed E-state index contributed by atoms with van der Waals surface area (Å²) in [6, 6.07) is 5.86. The number of aliphatic imine (C=N–C) groups is 1. The average molecular weight is 484 g/mol. The molecule has 1 amide bonds. The summed E-state index contributed by atoms with van der Waals surface area (Å²) in [5.74, 6) is 0.475. The SMILES string of the molecule is COc1cc(/C(C(C)=NC2CCN(C(=O)OC(C)(C)C)CC2)=C(/N)CCO)cc2[nH]cc(C#N)[n+]12. The Labute approximate surface area is 205 Å². The molecule has 3 heterocycles. The van der Waals surface area contributed by atoms with Gasteiger partial charge in [0.1, 0.15) is 17.9 Å². The molecule has 1 aliphatic rings. The summed E-state index contributed by atoms with van der Waals surface area (Å²) in [6.45, 7) is 8.51. The molecule has 1 fully saturated rings. The first kappa shape index (κ1) is 26.0. The van der Waals surface area contributed by atoms with E-state index in [2.05, 4.69) is 11.1 Å². The zero-order valence-corrected chi connectivity index (χ0v) is 21.1. The number of imidazole rings is 1. The minimum Gasteiger partial charge on any atom is -0.465 e. The van der Waals surface area contributed by atoms with Crippen LogP contribution < -0.4 is 14.9 Å². The Morgan fingerprint density at radius 3 is 2.63 bits per heavy atom. The van der Waals surface area contributed by atoms with Crippen LogP contribution in [0.1, 0.15) is 58.2 Å². The number of piperidine rings is 1. The summed E-state index contributed by atoms with van der Waals surface area (Å²) in [6.07, 6.45) is 3.03. The smallest absolute Gasteiger partial charge is 0.410 e. The molecule has 10 nitrogen and oxygen atoms in total. The molecule has 0 bridgehead atoms. The number of hydrogen-bond acceptors (Lipinski definition) is 7. The minimum absolute atomic E-state index is 0.0290. The number of ether oxygens (including phenoxy) is 2. The number of likely N-dealkylation sites (tertiary alicyclic amines) is 1. The number of allylic oxidation sites excluding steroid dienone is 1. The lowest BCUT2D eigenvalue weighted by Crippen LogP contribution is -2.42. The van der Waals surface area contributed by atoms with Gasteiger partial charge in [-0.05, 0) is 40.5 Å². The second-order valence-corrected chi connectivity index (χ2v) is 9.58. The number of fused-ring (bicyclic) bond motifs is 1. The largest absolute Gasteiger partial charge is 0.465 e. The van der Waals surface area contributed by atoms with Crippen molar-refractivity contribution in [2.75, 3.05) is 26.8 Å². The molecule has 0 spiro atoms. The van der Waals surface area contributed by atoms with Crippen LogP contribution in [-0.4, -0.2) is 65.2 Å². The number of aliphatic hydroxyl groups is 1. The Morgan fingerprint density at radius 1 is 1.37 bits per heavy atom. The number of carbonyl (C=O) groups is 1. The molecule has 0 aliphatic carbocycles. The van der Waals surface area contributed by atoms with E-state index >= 15 is 0 Å². The van der Waals surface area contributed by atoms with Gasteiger partial charge in [0.15, 0.2) is 0 Å². The maximum atomic E-state index is 12.4. The van der Waals surface area contributed by atoms with Gasteiger partial charge in [-0.2, -0.15) is 5.26 Å². The summed E-state index contributed by atoms with van der Waals surface area (Å²) in [5, 5.41) is 18.9. The lowest BCUT2D eigenvalue weighted by atomic mass is 9.98. The van der Waals surface area contributed by atoms with Crippen molar-refractivity contribution >= 4 is 23.0 Å². The molecule has 0 unspecified atom stereocenters. The number of aliphatic hydroxyl groups excluding tert-OH is 1. The van der Waals surface area contributed by atoms with E-state index in [0.29, 0.717) is 55.3 Å². The number of nitrogens with two attached hydrogens (primary N) is 1. The first-order valence-corrected chi connectivity index (χ1v) is 11.7. The zero-order valence-electron chi connectivity index (χ0n) is 21.1. The summed E-state index contributed by atoms with van der Waals surface area (Å²) >= 11 is 0. The molecule has 4 N–H and O–H groups in total. The summed E-state index contributed by atoms with van der Waals surface area (Å²) < 4.78 is 12.7. The van der Waals surface area contributed by atoms with Crippen LogP contribution >= 0.6 is 0 Å². The van der Waals surface area contributed by atoms with E-state index in [1.165, 1.54) is 0 Å². The number of H-pyrrole nitrogens is 1. The molecule has 3 rings (SSSR count). The van der Waals surface area contributed by atoms with E-state index in [-0.39, 0.29) is 18.7 Å². The number of hydrogen-bond donors (Lipinski definition) is 3. The summed E-state index contributed by atoms with van der Waals surface area (Å²) in [7, 11) is 1.54. The summed E-state index contributed by atoms with van der Waals surface area (Å²) in [4.78, 5) is 22.1. The molecular formula is C25H35N6O4+. The highest BCUT2D eigenvalue weighted by Gasteiger charge is 2.27. The van der Waals surface area contributed by atoms with E-state index in [0.717, 1.165) is 16.8 Å². The molecule has 0 saturated carbocycles. The van der Waals surface area contributed by atoms with Crippen molar-refractivity contribution in [1.82, 2.24) is 9.88 Å². The van der Waals surface area contributed by atoms with Gasteiger partial charge in [0, 0.05) is 60.8 Å². The van der Waals surface area contributed by atoms with Crippen LogP contribution in [0.25, 0.3) is 11.2 Å². The maximum absolute atomic E-state index is 12.4. The van der Waals surface area contributed by atoms with Crippen LogP contribution in [-0.2, 0) is 4.74 Å². The van der Waals surface area contributed by atoms with Crippen molar-refractivity contribution in [3.63, 3.8) is 0 Å². The highest BCUT2D eigenvalue weighted by Crippen LogP contribution is 2.26. The van der Waals surface area contributed by atoms with Crippen molar-refractivity contribution in [3.05, 3.63) is 35.3 Å². The average Bonchev–Trinajstić information content (AvgIpc) is 3.21. The van der Waals surface area contributed by atoms with Crippen LogP contribution in [0.3, 0.4) is 0 Å². The van der Waals surface area contributed by atoms with E-state index < -0.39 is 5.60 Å². The van der Waals surface area contributed by atoms with Crippen molar-refractivity contribution in [2.24, 2.45) is 10.7 Å². The standard InChI is InChI=1S/C25H34N6O4/c1-16(29-18-6-9-30(10-7-18)24(33)35-25(2,3)4)23(20(27)8-11-32)17-12-21-28-15-19(14-26)31(21)22(13-17)34-5/h12-13,15,18,32H,6-11H2,1-5H3,(H2,27,28,29)/p+1. The molecule has 1 aliphatic heterocycles. The number of methoxy groups -OCH3 is 1. The topological polar surface area (TPSA) is 141 Å². The second kappa shape index (κ2) is 10.8. The van der Waals surface area contributed by atoms with Crippen molar-refractivity contribution < 1.29 is 23.8 Å². The molecule has 10 heteroatoms. The monoisotopic (exact) mass is 483 g/mol. The molecule has 0 radical (unpaired) electrons. The van der Waals surface area contributed by atoms with Gasteiger partial charge in [0.05, 0.1) is 13.2 Å². The van der Waals surface area contributed by atoms with Crippen LogP contribution in [0.2, 0.25) is 0 Å². The predicted molar refractivity (Wildman–Crippen MR) is 132 cm³/mol. The molecule has 0 atom stereocenters. The fourth-order valence-electron chi connectivity index (χ4n) is 4.22. The first-order valence-electron chi connectivity index (χ1n) is 11.7. The predicted octanol–water partition coefficient (Wildman–Crippen LogP) is 2.55. The van der Waals surface area contributed by atoms with E-state index in [4.69, 9.17) is 20.2 Å². The lowest BCUT2D eigenvalue weighted by molar-refractivity contribution is -0.522. The molecule has 35 heavy (non-hydrogen) atoms. The number of aromatic nitrogens is 2. The van der Waals surface area contributed by atoms with Gasteiger partial charge in [-0.3, -0.25) is 4.99 Å². The number of nitrogens with one attached hydrogen (secondary N) is 1. The van der Waals surface area contributed by atoms with Gasteiger partial charge < -0.3 is 25.2 Å². The zero-order chi connectivity index (χ0) is 25.8. The molecule has 2 aromatic heterocycles. The highest BCUT2D eigenvalue weighted by molar-refractivity contribution is 6.23. The molecular weight excluding hydrogens is 448 g/mol. The van der Waals surface area contributed by atoms with Crippen LogP contribution in [0.5, 0.6) is 5.88 Å². The molecule has 188 valence electrons. The van der Waals surface area contributed by atoms with Gasteiger partial charge in [0.25, 0.3) is 17.2 Å². The van der Waals surface area contributed by atoms with Gasteiger partial charge in [-0.1, -0.05) is 0 Å². The third kappa shape index (κ3) is 6.11. The van der Waals surface area contributed by atoms with Gasteiger partial charge in [-0.25, -0.2) is 9.78 Å². The Bertz CT molecular complexity index is 1180. The first-order chi connectivity index (χ1) is 16.6. The Kier molecular flexibility index (Phi) is 8.02. The quantitative estimate of drug-likeness (QED) is 0.426. The normalized spacial score (nSPS) is 16.1. The van der Waals surface area contributed by atoms with E-state index in [1.807, 2.05) is 39.8 Å². The Hall–Kier alpha value is -3.58. The van der Waals surface area contributed by atoms with Crippen molar-refractivity contribution in [1.29, 1.82) is 5.26 Å². The fraction of sp³-hybridized carbons (Fsp3) is 0.520. The Morgan fingerprint density at radius 2 is 2.06 bits per heavy atom. The van der Waals surface area contributed by atoms with Crippen LogP contribution in [0.15, 0.2) is 29.0 Å². The number of aromatic amines is 1. The number of pyridine rings is 1. The second-order valence-electron chi connectivity index (χ2n) is 9.58. The van der Waals surface area contributed by atoms with Gasteiger partial charge in [-0.15, -0.1) is 4.40 Å². The maximum Gasteiger partial charge on any atom is 0.410 e. The molecule has 1 saturated heterocycles. The van der Waals surface area contributed by atoms with Crippen LogP contribution in [0.4, 0.5) is 4.79 Å². The van der Waals surface area contributed by atoms with E-state index in [1.54, 1.807) is 22.6 Å². The van der Waals surface area contributed by atoms with Gasteiger partial charge in [0.2, 0.25) is 0 Å². The van der Waals surface area contributed by atoms with Crippen molar-refractivity contribution in [2.45, 2.75) is 58.6 Å². The number of amides is 1. The number of carbonyl (C=O) groups excluding carboxylic acids is 1. The lowest BCUT2D eigenvalue weighted by Gasteiger charge is -2.32. The van der Waals surface area contributed by atoms with Gasteiger partial charge >= 0.3 is 6.09 Å². The van der Waals surface area contributed by atoms with Crippen LogP contribution in [0, 0.1) is 11.3 Å². The third-order valence-electron chi connectivity index (χ3n) is 5.80. The minimum atomic E-state index is -0.528. The molecule has 0 aromatic carbocycles.